The Balaban J connectivity index is 2.20. The Labute approximate surface area is 120 Å². The van der Waals surface area contributed by atoms with Crippen LogP contribution in [0.1, 0.15) is 47.0 Å². The van der Waals surface area contributed by atoms with Crippen molar-refractivity contribution in [3.63, 3.8) is 0 Å². The molecular formula is C16H34N2O. The number of hydrogen-bond acceptors (Lipinski definition) is 3. The van der Waals surface area contributed by atoms with Crippen LogP contribution in [-0.4, -0.2) is 50.3 Å². The molecular weight excluding hydrogens is 236 g/mol. The molecule has 0 radical (unpaired) electrons. The van der Waals surface area contributed by atoms with Crippen LogP contribution in [0, 0.1) is 11.8 Å². The van der Waals surface area contributed by atoms with Gasteiger partial charge in [-0.3, -0.25) is 0 Å². The molecule has 3 heteroatoms. The fourth-order valence-electron chi connectivity index (χ4n) is 2.60. The summed E-state index contributed by atoms with van der Waals surface area (Å²) in [6.07, 6.45) is 3.71. The van der Waals surface area contributed by atoms with Crippen molar-refractivity contribution in [2.45, 2.75) is 53.0 Å². The first-order valence-corrected chi connectivity index (χ1v) is 8.17. The Morgan fingerprint density at radius 1 is 1.32 bits per heavy atom. The van der Waals surface area contributed by atoms with Crippen LogP contribution in [0.25, 0.3) is 0 Å². The zero-order valence-corrected chi connectivity index (χ0v) is 13.5. The molecule has 0 amide bonds. The maximum absolute atomic E-state index is 5.67. The third-order valence-electron chi connectivity index (χ3n) is 4.06. The highest BCUT2D eigenvalue weighted by molar-refractivity contribution is 4.80. The molecule has 1 N–H and O–H groups in total. The molecule has 1 saturated heterocycles. The first kappa shape index (κ1) is 16.9. The average molecular weight is 270 g/mol. The van der Waals surface area contributed by atoms with Crippen LogP contribution in [0.5, 0.6) is 0 Å². The van der Waals surface area contributed by atoms with E-state index in [9.17, 15) is 0 Å². The van der Waals surface area contributed by atoms with E-state index in [1.165, 1.54) is 45.4 Å². The lowest BCUT2D eigenvalue weighted by Crippen LogP contribution is -2.42. The number of ether oxygens (including phenoxy) is 1. The summed E-state index contributed by atoms with van der Waals surface area (Å²) in [5.41, 5.74) is 0. The first-order valence-electron chi connectivity index (χ1n) is 8.17. The van der Waals surface area contributed by atoms with Crippen molar-refractivity contribution in [1.29, 1.82) is 0 Å². The van der Waals surface area contributed by atoms with Crippen LogP contribution in [-0.2, 0) is 4.74 Å². The molecule has 0 aromatic carbocycles. The molecule has 0 saturated carbocycles. The van der Waals surface area contributed by atoms with Gasteiger partial charge in [-0.25, -0.2) is 0 Å². The van der Waals surface area contributed by atoms with Gasteiger partial charge in [-0.15, -0.1) is 0 Å². The van der Waals surface area contributed by atoms with Crippen LogP contribution in [0.2, 0.25) is 0 Å². The molecule has 0 aromatic rings. The molecule has 0 spiro atoms. The third-order valence-corrected chi connectivity index (χ3v) is 4.06. The highest BCUT2D eigenvalue weighted by Crippen LogP contribution is 2.12. The summed E-state index contributed by atoms with van der Waals surface area (Å²) in [6.45, 7) is 15.7. The van der Waals surface area contributed by atoms with E-state index in [0.717, 1.165) is 19.1 Å². The van der Waals surface area contributed by atoms with Gasteiger partial charge in [0.1, 0.15) is 0 Å². The van der Waals surface area contributed by atoms with E-state index in [-0.39, 0.29) is 0 Å². The standard InChI is InChI=1S/C16H34N2O/c1-5-15(4)16-12-18(9-6-8-17-16)10-7-11-19-13-14(2)3/h14-17H,5-13H2,1-4H3. The Morgan fingerprint density at radius 2 is 2.11 bits per heavy atom. The van der Waals surface area contributed by atoms with Gasteiger partial charge < -0.3 is 15.0 Å². The van der Waals surface area contributed by atoms with E-state index >= 15 is 0 Å². The number of nitrogens with zero attached hydrogens (tertiary/aromatic N) is 1. The summed E-state index contributed by atoms with van der Waals surface area (Å²) in [5.74, 6) is 1.43. The smallest absolute Gasteiger partial charge is 0.0489 e. The predicted molar refractivity (Wildman–Crippen MR) is 82.6 cm³/mol. The first-order chi connectivity index (χ1) is 9.13. The Morgan fingerprint density at radius 3 is 2.79 bits per heavy atom. The Bertz CT molecular complexity index is 221. The highest BCUT2D eigenvalue weighted by Gasteiger charge is 2.21. The Kier molecular flexibility index (Phi) is 8.67. The van der Waals surface area contributed by atoms with Crippen molar-refractivity contribution >= 4 is 0 Å². The fraction of sp³-hybridized carbons (Fsp3) is 1.00. The molecule has 2 atom stereocenters. The minimum atomic E-state index is 0.650. The summed E-state index contributed by atoms with van der Waals surface area (Å²) in [6, 6.07) is 0.670. The van der Waals surface area contributed by atoms with Crippen molar-refractivity contribution in [2.24, 2.45) is 11.8 Å². The summed E-state index contributed by atoms with van der Waals surface area (Å²) in [5, 5.41) is 3.71. The van der Waals surface area contributed by atoms with E-state index in [1.807, 2.05) is 0 Å². The van der Waals surface area contributed by atoms with Crippen LogP contribution >= 0.6 is 0 Å². The summed E-state index contributed by atoms with van der Waals surface area (Å²) < 4.78 is 5.67. The monoisotopic (exact) mass is 270 g/mol. The van der Waals surface area contributed by atoms with E-state index in [1.54, 1.807) is 0 Å². The molecule has 1 fully saturated rings. The predicted octanol–water partition coefficient (Wildman–Crippen LogP) is 2.76. The van der Waals surface area contributed by atoms with Gasteiger partial charge in [0, 0.05) is 32.3 Å². The van der Waals surface area contributed by atoms with Gasteiger partial charge in [-0.05, 0) is 37.8 Å². The zero-order chi connectivity index (χ0) is 14.1. The van der Waals surface area contributed by atoms with Crippen LogP contribution < -0.4 is 5.32 Å². The highest BCUT2D eigenvalue weighted by atomic mass is 16.5. The minimum Gasteiger partial charge on any atom is -0.381 e. The molecule has 1 aliphatic heterocycles. The summed E-state index contributed by atoms with van der Waals surface area (Å²) in [4.78, 5) is 2.62. The average Bonchev–Trinajstić information content (AvgIpc) is 2.62. The normalized spacial score (nSPS) is 23.5. The quantitative estimate of drug-likeness (QED) is 0.686. The lowest BCUT2D eigenvalue weighted by molar-refractivity contribution is 0.0982. The van der Waals surface area contributed by atoms with Gasteiger partial charge in [0.15, 0.2) is 0 Å². The van der Waals surface area contributed by atoms with Gasteiger partial charge >= 0.3 is 0 Å². The number of rotatable bonds is 8. The third kappa shape index (κ3) is 7.28. The lowest BCUT2D eigenvalue weighted by atomic mass is 9.99. The van der Waals surface area contributed by atoms with E-state index in [0.29, 0.717) is 12.0 Å². The molecule has 2 unspecified atom stereocenters. The van der Waals surface area contributed by atoms with Gasteiger partial charge in [-0.1, -0.05) is 34.1 Å². The van der Waals surface area contributed by atoms with E-state index in [2.05, 4.69) is 37.9 Å². The topological polar surface area (TPSA) is 24.5 Å². The number of nitrogens with one attached hydrogen (secondary N) is 1. The number of hydrogen-bond donors (Lipinski definition) is 1. The summed E-state index contributed by atoms with van der Waals surface area (Å²) in [7, 11) is 0. The largest absolute Gasteiger partial charge is 0.381 e. The maximum Gasteiger partial charge on any atom is 0.0489 e. The van der Waals surface area contributed by atoms with Gasteiger partial charge in [0.25, 0.3) is 0 Å². The lowest BCUT2D eigenvalue weighted by Gasteiger charge is -2.28. The fourth-order valence-corrected chi connectivity index (χ4v) is 2.60. The maximum atomic E-state index is 5.67. The van der Waals surface area contributed by atoms with Crippen LogP contribution in [0.15, 0.2) is 0 Å². The molecule has 1 aliphatic rings. The second-order valence-corrected chi connectivity index (χ2v) is 6.42. The minimum absolute atomic E-state index is 0.650. The van der Waals surface area contributed by atoms with Gasteiger partial charge in [-0.2, -0.15) is 0 Å². The van der Waals surface area contributed by atoms with Crippen molar-refractivity contribution in [3.05, 3.63) is 0 Å². The Hall–Kier alpha value is -0.120. The van der Waals surface area contributed by atoms with Crippen molar-refractivity contribution < 1.29 is 4.74 Å². The molecule has 0 aliphatic carbocycles. The van der Waals surface area contributed by atoms with Gasteiger partial charge in [0.05, 0.1) is 0 Å². The summed E-state index contributed by atoms with van der Waals surface area (Å²) >= 11 is 0. The molecule has 1 heterocycles. The van der Waals surface area contributed by atoms with Crippen molar-refractivity contribution in [3.8, 4) is 0 Å². The second-order valence-electron chi connectivity index (χ2n) is 6.42. The molecule has 19 heavy (non-hydrogen) atoms. The molecule has 3 nitrogen and oxygen atoms in total. The molecule has 0 aromatic heterocycles. The van der Waals surface area contributed by atoms with Crippen LogP contribution in [0.4, 0.5) is 0 Å². The zero-order valence-electron chi connectivity index (χ0n) is 13.5. The van der Waals surface area contributed by atoms with E-state index in [4.69, 9.17) is 4.74 Å². The van der Waals surface area contributed by atoms with Crippen molar-refractivity contribution in [1.82, 2.24) is 10.2 Å². The van der Waals surface area contributed by atoms with E-state index < -0.39 is 0 Å². The molecule has 114 valence electrons. The second kappa shape index (κ2) is 9.73. The molecule has 0 bridgehead atoms. The van der Waals surface area contributed by atoms with Crippen molar-refractivity contribution in [2.75, 3.05) is 39.4 Å². The SMILES string of the molecule is CCC(C)C1CN(CCCOCC(C)C)CCCN1. The van der Waals surface area contributed by atoms with Gasteiger partial charge in [0.2, 0.25) is 0 Å². The van der Waals surface area contributed by atoms with Crippen LogP contribution in [0.3, 0.4) is 0 Å². The molecule has 1 rings (SSSR count).